The number of benzene rings is 2. The molecule has 1 aliphatic rings. The summed E-state index contributed by atoms with van der Waals surface area (Å²) in [6.45, 7) is 5.85. The van der Waals surface area contributed by atoms with E-state index in [0.717, 1.165) is 18.7 Å². The van der Waals surface area contributed by atoms with E-state index in [4.69, 9.17) is 25.8 Å². The number of halogens is 1. The van der Waals surface area contributed by atoms with Gasteiger partial charge >= 0.3 is 6.03 Å². The highest BCUT2D eigenvalue weighted by atomic mass is 35.5. The van der Waals surface area contributed by atoms with Gasteiger partial charge in [0.1, 0.15) is 0 Å². The summed E-state index contributed by atoms with van der Waals surface area (Å²) in [7, 11) is 1.63. The molecule has 1 heterocycles. The van der Waals surface area contributed by atoms with Crippen LogP contribution < -0.4 is 20.1 Å². The number of carbonyl (C=O) groups excluding carboxylic acids is 1. The molecule has 2 N–H and O–H groups in total. The zero-order valence-corrected chi connectivity index (χ0v) is 18.1. The number of ether oxygens (including phenoxy) is 3. The summed E-state index contributed by atoms with van der Waals surface area (Å²) in [4.78, 5) is 14.8. The monoisotopic (exact) mass is 433 g/mol. The highest BCUT2D eigenvalue weighted by Gasteiger charge is 2.24. The Morgan fingerprint density at radius 1 is 1.20 bits per heavy atom. The molecule has 0 aliphatic carbocycles. The van der Waals surface area contributed by atoms with Crippen molar-refractivity contribution in [2.75, 3.05) is 51.9 Å². The molecule has 2 amide bonds. The Labute approximate surface area is 182 Å². The molecule has 1 saturated heterocycles. The van der Waals surface area contributed by atoms with Crippen LogP contribution in [0.4, 0.5) is 10.5 Å². The van der Waals surface area contributed by atoms with E-state index < -0.39 is 0 Å². The first kappa shape index (κ1) is 22.2. The molecule has 0 bridgehead atoms. The van der Waals surface area contributed by atoms with E-state index in [1.807, 2.05) is 25.1 Å². The maximum atomic E-state index is 12.5. The van der Waals surface area contributed by atoms with Gasteiger partial charge in [0.15, 0.2) is 11.5 Å². The minimum Gasteiger partial charge on any atom is -0.493 e. The van der Waals surface area contributed by atoms with Crippen LogP contribution in [0.3, 0.4) is 0 Å². The van der Waals surface area contributed by atoms with Gasteiger partial charge in [-0.2, -0.15) is 0 Å². The molecule has 1 atom stereocenters. The number of rotatable bonds is 8. The summed E-state index contributed by atoms with van der Waals surface area (Å²) < 4.78 is 16.6. The third-order valence-corrected chi connectivity index (χ3v) is 5.13. The van der Waals surface area contributed by atoms with Crippen LogP contribution in [0.25, 0.3) is 0 Å². The van der Waals surface area contributed by atoms with E-state index in [9.17, 15) is 4.79 Å². The van der Waals surface area contributed by atoms with Gasteiger partial charge in [-0.1, -0.05) is 23.7 Å². The van der Waals surface area contributed by atoms with Crippen molar-refractivity contribution in [2.24, 2.45) is 0 Å². The second-order valence-corrected chi connectivity index (χ2v) is 7.29. The summed E-state index contributed by atoms with van der Waals surface area (Å²) in [5.74, 6) is 1.38. The smallest absolute Gasteiger partial charge is 0.319 e. The lowest BCUT2D eigenvalue weighted by Gasteiger charge is -2.35. The number of anilines is 1. The van der Waals surface area contributed by atoms with E-state index in [1.165, 1.54) is 0 Å². The van der Waals surface area contributed by atoms with Gasteiger partial charge in [0.25, 0.3) is 0 Å². The third-order valence-electron chi connectivity index (χ3n) is 4.90. The number of methoxy groups -OCH3 is 1. The van der Waals surface area contributed by atoms with Crippen molar-refractivity contribution in [3.63, 3.8) is 0 Å². The Balaban J connectivity index is 1.73. The molecule has 1 aliphatic heterocycles. The van der Waals surface area contributed by atoms with Crippen molar-refractivity contribution in [3.8, 4) is 11.5 Å². The van der Waals surface area contributed by atoms with Crippen LogP contribution in [0.15, 0.2) is 42.5 Å². The van der Waals surface area contributed by atoms with Crippen LogP contribution in [0.2, 0.25) is 5.02 Å². The minimum absolute atomic E-state index is 0.0245. The number of nitrogens with one attached hydrogen (secondary N) is 2. The van der Waals surface area contributed by atoms with Crippen molar-refractivity contribution in [3.05, 3.63) is 53.1 Å². The number of hydrogen-bond donors (Lipinski definition) is 2. The summed E-state index contributed by atoms with van der Waals surface area (Å²) in [6, 6.07) is 12.7. The van der Waals surface area contributed by atoms with E-state index in [-0.39, 0.29) is 12.1 Å². The van der Waals surface area contributed by atoms with Gasteiger partial charge in [0.2, 0.25) is 0 Å². The highest BCUT2D eigenvalue weighted by Crippen LogP contribution is 2.32. The highest BCUT2D eigenvalue weighted by molar-refractivity contribution is 6.30. The molecule has 7 nitrogen and oxygen atoms in total. The molecule has 0 spiro atoms. The molecule has 3 rings (SSSR count). The number of nitrogens with zero attached hydrogens (tertiary/aromatic N) is 1. The molecular weight excluding hydrogens is 406 g/mol. The van der Waals surface area contributed by atoms with Crippen LogP contribution in [0.5, 0.6) is 11.5 Å². The van der Waals surface area contributed by atoms with Crippen LogP contribution in [0, 0.1) is 0 Å². The Hall–Kier alpha value is -2.48. The summed E-state index contributed by atoms with van der Waals surface area (Å²) in [6.07, 6.45) is 0. The first-order valence-electron chi connectivity index (χ1n) is 10.0. The number of morpholine rings is 1. The van der Waals surface area contributed by atoms with Crippen LogP contribution in [-0.4, -0.2) is 57.5 Å². The maximum absolute atomic E-state index is 12.5. The standard InChI is InChI=1S/C22H28ClN3O4/c1-3-30-20-8-7-16(13-21(20)28-2)19(26-9-11-29-12-10-26)15-24-22(27)25-18-6-4-5-17(23)14-18/h4-8,13-14,19H,3,9-12,15H2,1-2H3,(H2,24,25,27). The first-order chi connectivity index (χ1) is 14.6. The molecule has 2 aromatic rings. The molecule has 0 saturated carbocycles. The molecule has 8 heteroatoms. The predicted molar refractivity (Wildman–Crippen MR) is 118 cm³/mol. The van der Waals surface area contributed by atoms with E-state index in [1.54, 1.807) is 31.4 Å². The number of urea groups is 1. The fourth-order valence-corrected chi connectivity index (χ4v) is 3.63. The first-order valence-corrected chi connectivity index (χ1v) is 10.4. The van der Waals surface area contributed by atoms with Crippen molar-refractivity contribution in [1.82, 2.24) is 10.2 Å². The van der Waals surface area contributed by atoms with Crippen LogP contribution >= 0.6 is 11.6 Å². The molecule has 0 aromatic heterocycles. The van der Waals surface area contributed by atoms with Gasteiger partial charge in [-0.15, -0.1) is 0 Å². The van der Waals surface area contributed by atoms with Gasteiger partial charge in [-0.3, -0.25) is 4.90 Å². The summed E-state index contributed by atoms with van der Waals surface area (Å²) in [5.41, 5.74) is 1.69. The lowest BCUT2D eigenvalue weighted by atomic mass is 10.0. The van der Waals surface area contributed by atoms with Crippen LogP contribution in [-0.2, 0) is 4.74 Å². The lowest BCUT2D eigenvalue weighted by Crippen LogP contribution is -2.44. The fourth-order valence-electron chi connectivity index (χ4n) is 3.44. The zero-order valence-electron chi connectivity index (χ0n) is 17.3. The van der Waals surface area contributed by atoms with E-state index >= 15 is 0 Å². The molecule has 2 aromatic carbocycles. The quantitative estimate of drug-likeness (QED) is 0.659. The van der Waals surface area contributed by atoms with Crippen LogP contribution in [0.1, 0.15) is 18.5 Å². The molecular formula is C22H28ClN3O4. The minimum atomic E-state index is -0.284. The molecule has 1 fully saturated rings. The predicted octanol–water partition coefficient (Wildman–Crippen LogP) is 3.94. The van der Waals surface area contributed by atoms with Gasteiger partial charge in [-0.05, 0) is 42.8 Å². The molecule has 1 unspecified atom stereocenters. The molecule has 30 heavy (non-hydrogen) atoms. The van der Waals surface area contributed by atoms with Crippen molar-refractivity contribution in [1.29, 1.82) is 0 Å². The normalized spacial score (nSPS) is 15.3. The fraction of sp³-hybridized carbons (Fsp3) is 0.409. The van der Waals surface area contributed by atoms with E-state index in [0.29, 0.717) is 48.6 Å². The average Bonchev–Trinajstić information content (AvgIpc) is 2.75. The maximum Gasteiger partial charge on any atom is 0.319 e. The van der Waals surface area contributed by atoms with Gasteiger partial charge in [-0.25, -0.2) is 4.79 Å². The number of carbonyl (C=O) groups is 1. The van der Waals surface area contributed by atoms with Crippen molar-refractivity contribution in [2.45, 2.75) is 13.0 Å². The second-order valence-electron chi connectivity index (χ2n) is 6.85. The van der Waals surface area contributed by atoms with Crippen molar-refractivity contribution >= 4 is 23.3 Å². The Morgan fingerprint density at radius 2 is 2.00 bits per heavy atom. The van der Waals surface area contributed by atoms with Gasteiger partial charge < -0.3 is 24.8 Å². The topological polar surface area (TPSA) is 72.1 Å². The van der Waals surface area contributed by atoms with Gasteiger partial charge in [0, 0.05) is 30.3 Å². The molecule has 0 radical (unpaired) electrons. The SMILES string of the molecule is CCOc1ccc(C(CNC(=O)Nc2cccc(Cl)c2)N2CCOCC2)cc1OC. The summed E-state index contributed by atoms with van der Waals surface area (Å²) >= 11 is 5.99. The molecule has 162 valence electrons. The number of amides is 2. The lowest BCUT2D eigenvalue weighted by molar-refractivity contribution is 0.0167. The van der Waals surface area contributed by atoms with Crippen molar-refractivity contribution < 1.29 is 19.0 Å². The Kier molecular flexibility index (Phi) is 8.19. The third kappa shape index (κ3) is 6.01. The Morgan fingerprint density at radius 3 is 2.70 bits per heavy atom. The van der Waals surface area contributed by atoms with E-state index in [2.05, 4.69) is 15.5 Å². The second kappa shape index (κ2) is 11.1. The average molecular weight is 434 g/mol. The summed E-state index contributed by atoms with van der Waals surface area (Å²) in [5, 5.41) is 6.36. The largest absolute Gasteiger partial charge is 0.493 e. The Bertz CT molecular complexity index is 843. The number of hydrogen-bond acceptors (Lipinski definition) is 5. The van der Waals surface area contributed by atoms with Gasteiger partial charge in [0.05, 0.1) is 33.0 Å². The zero-order chi connectivity index (χ0) is 21.3.